The Kier molecular flexibility index (Phi) is 6.49. The molecule has 6 nitrogen and oxygen atoms in total. The first-order chi connectivity index (χ1) is 14.6. The number of ether oxygens (including phenoxy) is 3. The van der Waals surface area contributed by atoms with Crippen LogP contribution in [0, 0.1) is 5.92 Å². The second-order valence-corrected chi connectivity index (χ2v) is 8.86. The zero-order valence-electron chi connectivity index (χ0n) is 17.9. The molecule has 2 atom stereocenters. The number of hydrogen-bond donors (Lipinski definition) is 0. The Labute approximate surface area is 182 Å². The van der Waals surface area contributed by atoms with Crippen LogP contribution in [0.15, 0.2) is 29.0 Å². The van der Waals surface area contributed by atoms with E-state index in [0.717, 1.165) is 38.0 Å². The normalized spacial score (nSPS) is 22.0. The van der Waals surface area contributed by atoms with Gasteiger partial charge in [0.15, 0.2) is 11.5 Å². The Hall–Kier alpha value is -2.25. The number of piperidine rings is 2. The Morgan fingerprint density at radius 2 is 1.80 bits per heavy atom. The monoisotopic (exact) mass is 430 g/mol. The molecule has 1 amide bonds. The van der Waals surface area contributed by atoms with Crippen LogP contribution < -0.4 is 14.2 Å². The third-order valence-electron chi connectivity index (χ3n) is 6.29. The van der Waals surface area contributed by atoms with Crippen LogP contribution in [0.25, 0.3) is 0 Å². The number of carbonyl (C=O) groups excluding carboxylic acids is 1. The number of benzene rings is 1. The molecule has 2 aromatic rings. The number of rotatable bonds is 7. The molecule has 0 saturated carbocycles. The number of carbonyl (C=O) groups is 1. The summed E-state index contributed by atoms with van der Waals surface area (Å²) in [7, 11) is 4.83. The number of likely N-dealkylation sites (tertiary alicyclic amines) is 2. The van der Waals surface area contributed by atoms with Crippen molar-refractivity contribution in [2.75, 3.05) is 34.4 Å². The van der Waals surface area contributed by atoms with Crippen molar-refractivity contribution in [2.24, 2.45) is 5.92 Å². The summed E-state index contributed by atoms with van der Waals surface area (Å²) in [6.45, 7) is 3.66. The molecular weight excluding hydrogens is 400 g/mol. The van der Waals surface area contributed by atoms with E-state index in [1.54, 1.807) is 32.7 Å². The van der Waals surface area contributed by atoms with E-state index >= 15 is 0 Å². The van der Waals surface area contributed by atoms with E-state index in [2.05, 4.69) is 26.6 Å². The zero-order chi connectivity index (χ0) is 21.1. The topological polar surface area (TPSA) is 51.2 Å². The molecule has 30 heavy (non-hydrogen) atoms. The molecule has 0 radical (unpaired) electrons. The van der Waals surface area contributed by atoms with Gasteiger partial charge in [-0.3, -0.25) is 9.69 Å². The highest BCUT2D eigenvalue weighted by Gasteiger charge is 2.39. The molecule has 162 valence electrons. The van der Waals surface area contributed by atoms with Crippen molar-refractivity contribution in [2.45, 2.75) is 38.4 Å². The number of amides is 1. The van der Waals surface area contributed by atoms with Gasteiger partial charge in [-0.25, -0.2) is 0 Å². The van der Waals surface area contributed by atoms with Crippen molar-refractivity contribution in [3.05, 3.63) is 40.1 Å². The van der Waals surface area contributed by atoms with Crippen LogP contribution in [0.1, 0.15) is 30.4 Å². The average molecular weight is 431 g/mol. The summed E-state index contributed by atoms with van der Waals surface area (Å²) in [4.78, 5) is 17.5. The fraction of sp³-hybridized carbons (Fsp3) is 0.522. The van der Waals surface area contributed by atoms with Gasteiger partial charge in [0.1, 0.15) is 0 Å². The van der Waals surface area contributed by atoms with Gasteiger partial charge in [0.2, 0.25) is 11.7 Å². The molecular formula is C23H30N2O4S. The van der Waals surface area contributed by atoms with E-state index in [9.17, 15) is 4.79 Å². The maximum Gasteiger partial charge on any atom is 0.223 e. The Bertz CT molecular complexity index is 845. The minimum atomic E-state index is 0.247. The highest BCUT2D eigenvalue weighted by Crippen LogP contribution is 2.40. The van der Waals surface area contributed by atoms with Crippen LogP contribution in [0.5, 0.6) is 17.2 Å². The van der Waals surface area contributed by atoms with Gasteiger partial charge in [0, 0.05) is 38.6 Å². The average Bonchev–Trinajstić information content (AvgIpc) is 3.28. The van der Waals surface area contributed by atoms with Gasteiger partial charge in [-0.05, 0) is 58.8 Å². The van der Waals surface area contributed by atoms with E-state index in [1.165, 1.54) is 5.56 Å². The number of thiophene rings is 1. The van der Waals surface area contributed by atoms with E-state index < -0.39 is 0 Å². The fourth-order valence-corrected chi connectivity index (χ4v) is 5.50. The van der Waals surface area contributed by atoms with Gasteiger partial charge < -0.3 is 19.1 Å². The smallest absolute Gasteiger partial charge is 0.223 e. The maximum absolute atomic E-state index is 12.8. The summed E-state index contributed by atoms with van der Waals surface area (Å²) >= 11 is 1.75. The zero-order valence-corrected chi connectivity index (χ0v) is 18.7. The molecule has 1 aromatic heterocycles. The van der Waals surface area contributed by atoms with Gasteiger partial charge in [0.25, 0.3) is 0 Å². The van der Waals surface area contributed by atoms with Crippen molar-refractivity contribution in [1.82, 2.24) is 9.80 Å². The van der Waals surface area contributed by atoms with Crippen molar-refractivity contribution in [3.63, 3.8) is 0 Å². The number of hydrogen-bond acceptors (Lipinski definition) is 6. The molecule has 3 heterocycles. The molecule has 0 N–H and O–H groups in total. The molecule has 2 aliphatic rings. The molecule has 4 rings (SSSR count). The largest absolute Gasteiger partial charge is 0.493 e. The Morgan fingerprint density at radius 3 is 2.43 bits per heavy atom. The molecule has 7 heteroatoms. The third kappa shape index (κ3) is 4.27. The second kappa shape index (κ2) is 9.27. The molecule has 0 bridgehead atoms. The van der Waals surface area contributed by atoms with Crippen LogP contribution in [0.4, 0.5) is 0 Å². The molecule has 2 aliphatic heterocycles. The lowest BCUT2D eigenvalue weighted by atomic mass is 9.83. The van der Waals surface area contributed by atoms with Gasteiger partial charge in [-0.2, -0.15) is 11.3 Å². The quantitative estimate of drug-likeness (QED) is 0.669. The summed E-state index contributed by atoms with van der Waals surface area (Å²) in [5.41, 5.74) is 2.39. The predicted octanol–water partition coefficient (Wildman–Crippen LogP) is 3.79. The van der Waals surface area contributed by atoms with Gasteiger partial charge in [0.05, 0.1) is 21.3 Å². The van der Waals surface area contributed by atoms with Crippen LogP contribution >= 0.6 is 11.3 Å². The predicted molar refractivity (Wildman–Crippen MR) is 117 cm³/mol. The molecule has 0 unspecified atom stereocenters. The van der Waals surface area contributed by atoms with Crippen molar-refractivity contribution >= 4 is 17.2 Å². The number of nitrogens with zero attached hydrogens (tertiary/aromatic N) is 2. The van der Waals surface area contributed by atoms with Crippen LogP contribution in [-0.4, -0.2) is 56.2 Å². The highest BCUT2D eigenvalue weighted by atomic mass is 32.1. The Morgan fingerprint density at radius 1 is 1.03 bits per heavy atom. The lowest BCUT2D eigenvalue weighted by Crippen LogP contribution is -2.55. The van der Waals surface area contributed by atoms with E-state index in [1.807, 2.05) is 12.1 Å². The summed E-state index contributed by atoms with van der Waals surface area (Å²) < 4.78 is 16.4. The van der Waals surface area contributed by atoms with E-state index in [0.29, 0.717) is 42.2 Å². The molecule has 1 aromatic carbocycles. The number of methoxy groups -OCH3 is 3. The second-order valence-electron chi connectivity index (χ2n) is 8.08. The van der Waals surface area contributed by atoms with Crippen LogP contribution in [0.2, 0.25) is 0 Å². The SMILES string of the molecule is COc1cc(CN2C(=O)CC[C@@H]3CN(Cc4ccsc4)CC[C@@H]32)cc(OC)c1OC. The first kappa shape index (κ1) is 21.0. The lowest BCUT2D eigenvalue weighted by molar-refractivity contribution is -0.142. The maximum atomic E-state index is 12.8. The van der Waals surface area contributed by atoms with E-state index in [-0.39, 0.29) is 5.91 Å². The number of fused-ring (bicyclic) bond motifs is 1. The molecule has 2 saturated heterocycles. The van der Waals surface area contributed by atoms with Crippen molar-refractivity contribution < 1.29 is 19.0 Å². The van der Waals surface area contributed by atoms with Crippen LogP contribution in [-0.2, 0) is 17.9 Å². The Balaban J connectivity index is 1.49. The molecule has 0 spiro atoms. The van der Waals surface area contributed by atoms with Gasteiger partial charge >= 0.3 is 0 Å². The summed E-state index contributed by atoms with van der Waals surface area (Å²) in [6.07, 6.45) is 2.62. The summed E-state index contributed by atoms with van der Waals surface area (Å²) in [5, 5.41) is 4.37. The van der Waals surface area contributed by atoms with E-state index in [4.69, 9.17) is 14.2 Å². The third-order valence-corrected chi connectivity index (χ3v) is 7.02. The molecule has 2 fully saturated rings. The minimum absolute atomic E-state index is 0.247. The minimum Gasteiger partial charge on any atom is -0.493 e. The standard InChI is InChI=1S/C23H30N2O4S/c1-27-20-10-17(11-21(28-2)23(20)29-3)13-25-19-6-8-24(12-16-7-9-30-15-16)14-18(19)4-5-22(25)26/h7,9-11,15,18-19H,4-6,8,12-14H2,1-3H3/t18-,19+/m1/s1. The fourth-order valence-electron chi connectivity index (χ4n) is 4.84. The molecule has 0 aliphatic carbocycles. The summed E-state index contributed by atoms with van der Waals surface area (Å²) in [6, 6.07) is 6.40. The lowest BCUT2D eigenvalue weighted by Gasteiger charge is -2.47. The van der Waals surface area contributed by atoms with Crippen molar-refractivity contribution in [3.8, 4) is 17.2 Å². The summed E-state index contributed by atoms with van der Waals surface area (Å²) in [5.74, 6) is 2.60. The van der Waals surface area contributed by atoms with Crippen LogP contribution in [0.3, 0.4) is 0 Å². The van der Waals surface area contributed by atoms with Crippen molar-refractivity contribution in [1.29, 1.82) is 0 Å². The first-order valence-electron chi connectivity index (χ1n) is 10.4. The van der Waals surface area contributed by atoms with Gasteiger partial charge in [-0.15, -0.1) is 0 Å². The highest BCUT2D eigenvalue weighted by molar-refractivity contribution is 7.07. The van der Waals surface area contributed by atoms with Gasteiger partial charge in [-0.1, -0.05) is 0 Å². The first-order valence-corrected chi connectivity index (χ1v) is 11.4.